The second-order valence-corrected chi connectivity index (χ2v) is 3.95. The van der Waals surface area contributed by atoms with E-state index in [0.29, 0.717) is 12.5 Å². The fourth-order valence-corrected chi connectivity index (χ4v) is 1.56. The van der Waals surface area contributed by atoms with Gasteiger partial charge in [-0.2, -0.15) is 0 Å². The molecule has 0 saturated carbocycles. The number of nitrogens with two attached hydrogens (primary N) is 1. The molecular weight excluding hydrogens is 180 g/mol. The number of ether oxygens (including phenoxy) is 1. The van der Waals surface area contributed by atoms with Crippen molar-refractivity contribution < 1.29 is 4.74 Å². The van der Waals surface area contributed by atoms with E-state index in [1.807, 2.05) is 0 Å². The molecule has 0 unspecified atom stereocenters. The lowest BCUT2D eigenvalue weighted by Crippen LogP contribution is -2.25. The Balaban J connectivity index is 2.30. The predicted octanol–water partition coefficient (Wildman–Crippen LogP) is 0.464. The highest BCUT2D eigenvalue weighted by molar-refractivity contribution is 5.02. The third-order valence-corrected chi connectivity index (χ3v) is 2.56. The lowest BCUT2D eigenvalue weighted by Gasteiger charge is -2.19. The van der Waals surface area contributed by atoms with E-state index < -0.39 is 0 Å². The molecule has 2 heterocycles. The van der Waals surface area contributed by atoms with Crippen LogP contribution in [0.3, 0.4) is 0 Å². The van der Waals surface area contributed by atoms with E-state index in [4.69, 9.17) is 10.5 Å². The van der Waals surface area contributed by atoms with Gasteiger partial charge in [0.1, 0.15) is 12.4 Å². The third kappa shape index (κ3) is 1.53. The molecule has 1 aliphatic heterocycles. The maximum Gasteiger partial charge on any atom is 0.159 e. The number of aromatic nitrogens is 3. The van der Waals surface area contributed by atoms with Crippen LogP contribution in [0.4, 0.5) is 0 Å². The minimum atomic E-state index is -0.0330. The normalized spacial score (nSPS) is 18.3. The van der Waals surface area contributed by atoms with Crippen LogP contribution < -0.4 is 5.73 Å². The van der Waals surface area contributed by atoms with Crippen LogP contribution in [0.15, 0.2) is 0 Å². The average Bonchev–Trinajstić information content (AvgIpc) is 2.60. The fourth-order valence-electron chi connectivity index (χ4n) is 1.56. The molecule has 0 saturated heterocycles. The average molecular weight is 196 g/mol. The molecule has 0 aliphatic carbocycles. The van der Waals surface area contributed by atoms with Gasteiger partial charge >= 0.3 is 0 Å². The van der Waals surface area contributed by atoms with Gasteiger partial charge in [0.25, 0.3) is 0 Å². The Morgan fingerprint density at radius 3 is 2.93 bits per heavy atom. The Morgan fingerprint density at radius 2 is 2.21 bits per heavy atom. The Morgan fingerprint density at radius 1 is 1.43 bits per heavy atom. The van der Waals surface area contributed by atoms with Crippen LogP contribution in [0.1, 0.15) is 31.5 Å². The quantitative estimate of drug-likeness (QED) is 0.746. The summed E-state index contributed by atoms with van der Waals surface area (Å²) in [6.07, 6.45) is 0. The van der Waals surface area contributed by atoms with Gasteiger partial charge in [-0.25, -0.2) is 0 Å². The molecule has 0 fully saturated rings. The molecule has 78 valence electrons. The van der Waals surface area contributed by atoms with Crippen LogP contribution in [0.25, 0.3) is 0 Å². The van der Waals surface area contributed by atoms with Gasteiger partial charge in [0.15, 0.2) is 5.82 Å². The smallest absolute Gasteiger partial charge is 0.159 e. The second kappa shape index (κ2) is 3.67. The number of fused-ring (bicyclic) bond motifs is 1. The van der Waals surface area contributed by atoms with Gasteiger partial charge in [0.2, 0.25) is 0 Å². The summed E-state index contributed by atoms with van der Waals surface area (Å²) >= 11 is 0. The fraction of sp³-hybridized carbons (Fsp3) is 0.778. The first-order chi connectivity index (χ1) is 6.70. The monoisotopic (exact) mass is 196 g/mol. The van der Waals surface area contributed by atoms with Crippen molar-refractivity contribution in [1.29, 1.82) is 0 Å². The molecule has 5 nitrogen and oxygen atoms in total. The first-order valence-corrected chi connectivity index (χ1v) is 4.95. The Labute approximate surface area is 83.3 Å². The van der Waals surface area contributed by atoms with E-state index in [0.717, 1.165) is 24.8 Å². The SMILES string of the molecule is CC(C)[C@H](N)c1nnc2n1CCOC2. The van der Waals surface area contributed by atoms with E-state index in [2.05, 4.69) is 28.6 Å². The summed E-state index contributed by atoms with van der Waals surface area (Å²) in [5.74, 6) is 2.16. The molecule has 14 heavy (non-hydrogen) atoms. The van der Waals surface area contributed by atoms with E-state index in [9.17, 15) is 0 Å². The second-order valence-electron chi connectivity index (χ2n) is 3.95. The summed E-state index contributed by atoms with van der Waals surface area (Å²) in [6.45, 7) is 6.27. The van der Waals surface area contributed by atoms with Gasteiger partial charge in [-0.3, -0.25) is 0 Å². The molecule has 1 atom stereocenters. The van der Waals surface area contributed by atoms with Crippen LogP contribution in [-0.2, 0) is 17.9 Å². The minimum absolute atomic E-state index is 0.0330. The van der Waals surface area contributed by atoms with Gasteiger partial charge < -0.3 is 15.0 Å². The Bertz CT molecular complexity index is 321. The molecule has 1 aliphatic rings. The first-order valence-electron chi connectivity index (χ1n) is 4.95. The van der Waals surface area contributed by atoms with Crippen molar-refractivity contribution in [3.63, 3.8) is 0 Å². The maximum atomic E-state index is 6.04. The predicted molar refractivity (Wildman–Crippen MR) is 51.4 cm³/mol. The maximum absolute atomic E-state index is 6.04. The molecular formula is C9H16N4O. The summed E-state index contributed by atoms with van der Waals surface area (Å²) in [5, 5.41) is 8.20. The van der Waals surface area contributed by atoms with Gasteiger partial charge in [0, 0.05) is 6.54 Å². The van der Waals surface area contributed by atoms with Crippen molar-refractivity contribution >= 4 is 0 Å². The van der Waals surface area contributed by atoms with E-state index in [1.54, 1.807) is 0 Å². The Hall–Kier alpha value is -0.940. The zero-order valence-electron chi connectivity index (χ0n) is 8.60. The van der Waals surface area contributed by atoms with Crippen molar-refractivity contribution in [2.24, 2.45) is 11.7 Å². The summed E-state index contributed by atoms with van der Waals surface area (Å²) in [6, 6.07) is -0.0330. The van der Waals surface area contributed by atoms with Gasteiger partial charge in [-0.05, 0) is 5.92 Å². The highest BCUT2D eigenvalue weighted by atomic mass is 16.5. The van der Waals surface area contributed by atoms with Gasteiger partial charge in [0.05, 0.1) is 12.6 Å². The van der Waals surface area contributed by atoms with Crippen molar-refractivity contribution in [3.05, 3.63) is 11.6 Å². The number of nitrogens with zero attached hydrogens (tertiary/aromatic N) is 3. The standard InChI is InChI=1S/C9H16N4O/c1-6(2)8(10)9-12-11-7-5-14-4-3-13(7)9/h6,8H,3-5,10H2,1-2H3/t8-/m0/s1. The topological polar surface area (TPSA) is 66.0 Å². The van der Waals surface area contributed by atoms with Crippen molar-refractivity contribution in [2.75, 3.05) is 6.61 Å². The molecule has 1 aromatic heterocycles. The number of rotatable bonds is 2. The zero-order valence-corrected chi connectivity index (χ0v) is 8.60. The van der Waals surface area contributed by atoms with Crippen molar-refractivity contribution in [2.45, 2.75) is 33.0 Å². The molecule has 5 heteroatoms. The summed E-state index contributed by atoms with van der Waals surface area (Å²) in [4.78, 5) is 0. The van der Waals surface area contributed by atoms with Crippen LogP contribution in [0.2, 0.25) is 0 Å². The molecule has 2 N–H and O–H groups in total. The molecule has 2 rings (SSSR count). The first kappa shape index (κ1) is 9.61. The minimum Gasteiger partial charge on any atom is -0.372 e. The van der Waals surface area contributed by atoms with Crippen LogP contribution in [0, 0.1) is 5.92 Å². The van der Waals surface area contributed by atoms with E-state index in [-0.39, 0.29) is 6.04 Å². The lowest BCUT2D eigenvalue weighted by molar-refractivity contribution is 0.0799. The molecule has 0 aromatic carbocycles. The summed E-state index contributed by atoms with van der Waals surface area (Å²) in [7, 11) is 0. The van der Waals surface area contributed by atoms with Crippen LogP contribution in [0.5, 0.6) is 0 Å². The molecule has 0 amide bonds. The summed E-state index contributed by atoms with van der Waals surface area (Å²) in [5.41, 5.74) is 6.04. The van der Waals surface area contributed by atoms with Crippen LogP contribution >= 0.6 is 0 Å². The van der Waals surface area contributed by atoms with Crippen molar-refractivity contribution in [3.8, 4) is 0 Å². The molecule has 0 bridgehead atoms. The highest BCUT2D eigenvalue weighted by Gasteiger charge is 2.22. The van der Waals surface area contributed by atoms with Crippen LogP contribution in [-0.4, -0.2) is 21.4 Å². The number of hydrogen-bond acceptors (Lipinski definition) is 4. The molecule has 0 spiro atoms. The van der Waals surface area contributed by atoms with E-state index >= 15 is 0 Å². The highest BCUT2D eigenvalue weighted by Crippen LogP contribution is 2.19. The zero-order chi connectivity index (χ0) is 10.1. The molecule has 1 aromatic rings. The van der Waals surface area contributed by atoms with Gasteiger partial charge in [-0.15, -0.1) is 10.2 Å². The van der Waals surface area contributed by atoms with E-state index in [1.165, 1.54) is 0 Å². The molecule has 0 radical (unpaired) electrons. The Kier molecular flexibility index (Phi) is 2.52. The summed E-state index contributed by atoms with van der Waals surface area (Å²) < 4.78 is 7.36. The largest absolute Gasteiger partial charge is 0.372 e. The lowest BCUT2D eigenvalue weighted by atomic mass is 10.1. The third-order valence-electron chi connectivity index (χ3n) is 2.56. The van der Waals surface area contributed by atoms with Crippen molar-refractivity contribution in [1.82, 2.24) is 14.8 Å². The van der Waals surface area contributed by atoms with Gasteiger partial charge in [-0.1, -0.05) is 13.8 Å². The number of hydrogen-bond donors (Lipinski definition) is 1.